The van der Waals surface area contributed by atoms with Gasteiger partial charge in [-0.2, -0.15) is 0 Å². The lowest BCUT2D eigenvalue weighted by atomic mass is 9.85. The molecule has 1 aliphatic rings. The summed E-state index contributed by atoms with van der Waals surface area (Å²) in [4.78, 5) is 23.2. The highest BCUT2D eigenvalue weighted by molar-refractivity contribution is 7.47. The van der Waals surface area contributed by atoms with Crippen molar-refractivity contribution in [3.05, 3.63) is 12.2 Å². The van der Waals surface area contributed by atoms with Gasteiger partial charge in [0.2, 0.25) is 5.91 Å². The third-order valence-corrected chi connectivity index (χ3v) is 11.3. The molecule has 0 aromatic rings. The number of nitrogens with one attached hydrogen (secondary N) is 1. The highest BCUT2D eigenvalue weighted by atomic mass is 31.2. The van der Waals surface area contributed by atoms with Crippen LogP contribution in [0.15, 0.2) is 12.2 Å². The van der Waals surface area contributed by atoms with Crippen LogP contribution < -0.4 is 5.32 Å². The molecular formula is C40H78NO11P. The molecule has 8 N–H and O–H groups in total. The Morgan fingerprint density at radius 2 is 1.00 bits per heavy atom. The van der Waals surface area contributed by atoms with E-state index in [1.165, 1.54) is 115 Å². The summed E-state index contributed by atoms with van der Waals surface area (Å²) in [7, 11) is -5.06. The van der Waals surface area contributed by atoms with Crippen LogP contribution in [0.2, 0.25) is 0 Å². The Kier molecular flexibility index (Phi) is 29.5. The summed E-state index contributed by atoms with van der Waals surface area (Å²) in [6.07, 6.45) is 20.2. The van der Waals surface area contributed by atoms with Crippen molar-refractivity contribution in [2.75, 3.05) is 6.61 Å². The van der Waals surface area contributed by atoms with Crippen molar-refractivity contribution in [3.8, 4) is 0 Å². The molecule has 0 aliphatic heterocycles. The molecule has 0 saturated heterocycles. The van der Waals surface area contributed by atoms with Gasteiger partial charge < -0.3 is 40.8 Å². The smallest absolute Gasteiger partial charge is 0.387 e. The molecule has 0 aromatic carbocycles. The summed E-state index contributed by atoms with van der Waals surface area (Å²) in [6, 6.07) is -1.11. The zero-order valence-electron chi connectivity index (χ0n) is 33.1. The molecular weight excluding hydrogens is 701 g/mol. The van der Waals surface area contributed by atoms with Crippen LogP contribution in [0.4, 0.5) is 0 Å². The van der Waals surface area contributed by atoms with Crippen LogP contribution in [0.5, 0.6) is 0 Å². The summed E-state index contributed by atoms with van der Waals surface area (Å²) in [5.74, 6) is -0.342. The van der Waals surface area contributed by atoms with E-state index in [9.17, 15) is 44.9 Å². The normalized spacial score (nSPS) is 24.3. The van der Waals surface area contributed by atoms with Gasteiger partial charge in [-0.3, -0.25) is 13.8 Å². The van der Waals surface area contributed by atoms with Crippen LogP contribution in [0, 0.1) is 0 Å². The van der Waals surface area contributed by atoms with E-state index in [4.69, 9.17) is 9.05 Å². The van der Waals surface area contributed by atoms with Gasteiger partial charge in [0, 0.05) is 6.42 Å². The van der Waals surface area contributed by atoms with Crippen molar-refractivity contribution in [1.29, 1.82) is 0 Å². The molecule has 1 fully saturated rings. The zero-order valence-corrected chi connectivity index (χ0v) is 34.0. The molecule has 12 nitrogen and oxygen atoms in total. The molecule has 1 saturated carbocycles. The summed E-state index contributed by atoms with van der Waals surface area (Å²) in [5.41, 5.74) is 0. The van der Waals surface area contributed by atoms with Gasteiger partial charge in [0.25, 0.3) is 0 Å². The Labute approximate surface area is 320 Å². The van der Waals surface area contributed by atoms with Crippen LogP contribution in [0.1, 0.15) is 181 Å². The molecule has 1 amide bonds. The first kappa shape index (κ1) is 50.1. The summed E-state index contributed by atoms with van der Waals surface area (Å²) in [6.45, 7) is 3.79. The number of rotatable bonds is 34. The van der Waals surface area contributed by atoms with Gasteiger partial charge in [-0.1, -0.05) is 167 Å². The first-order valence-electron chi connectivity index (χ1n) is 21.1. The predicted octanol–water partition coefficient (Wildman–Crippen LogP) is 6.89. The minimum atomic E-state index is -5.06. The predicted molar refractivity (Wildman–Crippen MR) is 209 cm³/mol. The average molecular weight is 780 g/mol. The summed E-state index contributed by atoms with van der Waals surface area (Å²) in [5, 5.41) is 63.7. The van der Waals surface area contributed by atoms with E-state index in [0.29, 0.717) is 6.42 Å². The van der Waals surface area contributed by atoms with Gasteiger partial charge >= 0.3 is 7.82 Å². The highest BCUT2D eigenvalue weighted by Gasteiger charge is 2.51. The minimum absolute atomic E-state index is 0.218. The number of aliphatic hydroxyl groups is 6. The molecule has 53 heavy (non-hydrogen) atoms. The van der Waals surface area contributed by atoms with Crippen LogP contribution in [0.3, 0.4) is 0 Å². The van der Waals surface area contributed by atoms with Crippen molar-refractivity contribution in [2.45, 2.75) is 230 Å². The van der Waals surface area contributed by atoms with Gasteiger partial charge in [-0.25, -0.2) is 4.57 Å². The van der Waals surface area contributed by atoms with Gasteiger partial charge in [-0.05, 0) is 19.3 Å². The van der Waals surface area contributed by atoms with Crippen LogP contribution in [-0.2, 0) is 18.4 Å². The Hall–Kier alpha value is -0.920. The van der Waals surface area contributed by atoms with E-state index in [2.05, 4.69) is 19.2 Å². The Bertz CT molecular complexity index is 957. The minimum Gasteiger partial charge on any atom is -0.387 e. The topological polar surface area (TPSA) is 206 Å². The third-order valence-electron chi connectivity index (χ3n) is 10.3. The monoisotopic (exact) mass is 780 g/mol. The van der Waals surface area contributed by atoms with Crippen molar-refractivity contribution < 1.29 is 53.9 Å². The fraction of sp³-hybridized carbons (Fsp3) is 0.925. The molecule has 1 aliphatic carbocycles. The number of hydrogen-bond donors (Lipinski definition) is 8. The number of amides is 1. The van der Waals surface area contributed by atoms with Crippen LogP contribution in [-0.4, -0.2) is 96.8 Å². The van der Waals surface area contributed by atoms with Gasteiger partial charge in [0.05, 0.1) is 18.8 Å². The number of unbranched alkanes of at least 4 members (excludes halogenated alkanes) is 23. The van der Waals surface area contributed by atoms with Crippen LogP contribution in [0.25, 0.3) is 0 Å². The molecule has 13 heteroatoms. The van der Waals surface area contributed by atoms with Crippen molar-refractivity contribution in [3.63, 3.8) is 0 Å². The van der Waals surface area contributed by atoms with E-state index in [1.54, 1.807) is 0 Å². The molecule has 0 aromatic heterocycles. The fourth-order valence-electron chi connectivity index (χ4n) is 6.78. The second-order valence-electron chi connectivity index (χ2n) is 15.2. The summed E-state index contributed by atoms with van der Waals surface area (Å²) >= 11 is 0. The van der Waals surface area contributed by atoms with Gasteiger partial charge in [0.15, 0.2) is 0 Å². The lowest BCUT2D eigenvalue weighted by Gasteiger charge is -2.41. The number of aliphatic hydroxyl groups excluding tert-OH is 6. The lowest BCUT2D eigenvalue weighted by Crippen LogP contribution is -2.64. The van der Waals surface area contributed by atoms with E-state index in [-0.39, 0.29) is 12.3 Å². The van der Waals surface area contributed by atoms with E-state index in [0.717, 1.165) is 44.9 Å². The SMILES string of the molecule is CCCCCCCCC/C=C/[C@@H](O)[C@H](COP(=O)(O)OC1C(O)C(O)C(O)[C@@H](O)C1O)NC(=O)CCCCCCCCCCCCCCCCCCC. The van der Waals surface area contributed by atoms with E-state index in [1.807, 2.05) is 6.08 Å². The maximum Gasteiger partial charge on any atom is 0.472 e. The Morgan fingerprint density at radius 1 is 0.623 bits per heavy atom. The average Bonchev–Trinajstić information content (AvgIpc) is 3.13. The molecule has 0 radical (unpaired) electrons. The molecule has 9 atom stereocenters. The number of allylic oxidation sites excluding steroid dienone is 1. The number of carbonyl (C=O) groups excluding carboxylic acids is 1. The van der Waals surface area contributed by atoms with Gasteiger partial charge in [0.1, 0.15) is 36.6 Å². The molecule has 0 bridgehead atoms. The Morgan fingerprint density at radius 3 is 1.43 bits per heavy atom. The maximum absolute atomic E-state index is 12.9. The number of hydrogen-bond acceptors (Lipinski definition) is 10. The second kappa shape index (κ2) is 31.2. The molecule has 6 unspecified atom stereocenters. The summed E-state index contributed by atoms with van der Waals surface area (Å²) < 4.78 is 22.8. The first-order chi connectivity index (χ1) is 25.4. The Balaban J connectivity index is 2.48. The van der Waals surface area contributed by atoms with E-state index >= 15 is 0 Å². The number of phosphoric acid groups is 1. The lowest BCUT2D eigenvalue weighted by molar-refractivity contribution is -0.220. The highest BCUT2D eigenvalue weighted by Crippen LogP contribution is 2.47. The third kappa shape index (κ3) is 23.7. The van der Waals surface area contributed by atoms with E-state index < -0.39 is 63.2 Å². The van der Waals surface area contributed by atoms with Crippen molar-refractivity contribution in [2.24, 2.45) is 0 Å². The van der Waals surface area contributed by atoms with Crippen molar-refractivity contribution in [1.82, 2.24) is 5.32 Å². The van der Waals surface area contributed by atoms with Gasteiger partial charge in [-0.15, -0.1) is 0 Å². The molecule has 314 valence electrons. The number of phosphoric ester groups is 1. The maximum atomic E-state index is 12.9. The first-order valence-corrected chi connectivity index (χ1v) is 22.6. The standard InChI is InChI=1S/C40H78NO11P/c1-3-5-7-9-11-13-14-15-16-17-18-19-20-22-24-26-28-30-34(43)41-32(33(42)29-27-25-23-21-12-10-8-6-4-2)31-51-53(49,50)52-40-38(47)36(45)35(44)37(46)39(40)48/h27,29,32-33,35-40,42,44-48H,3-26,28,30-31H2,1-2H3,(H,41,43)(H,49,50)/b29-27+/t32-,33+,35?,36+,37?,38?,39?,40?/m0/s1. The number of carbonyl (C=O) groups is 1. The largest absolute Gasteiger partial charge is 0.472 e. The molecule has 0 heterocycles. The van der Waals surface area contributed by atoms with Crippen molar-refractivity contribution >= 4 is 13.7 Å². The van der Waals surface area contributed by atoms with Crippen LogP contribution >= 0.6 is 7.82 Å². The second-order valence-corrected chi connectivity index (χ2v) is 16.6. The quantitative estimate of drug-likeness (QED) is 0.0192. The fourth-order valence-corrected chi connectivity index (χ4v) is 7.75. The molecule has 1 rings (SSSR count). The zero-order chi connectivity index (χ0) is 39.3. The molecule has 0 spiro atoms.